The number of pyridine rings is 1. The lowest BCUT2D eigenvalue weighted by molar-refractivity contribution is 0.0599. The first-order chi connectivity index (χ1) is 7.54. The number of methoxy groups -OCH3 is 1. The van der Waals surface area contributed by atoms with Crippen molar-refractivity contribution in [3.8, 4) is 5.88 Å². The number of rotatable bonds is 4. The average molecular weight is 223 g/mol. The van der Waals surface area contributed by atoms with Crippen LogP contribution in [0.15, 0.2) is 18.3 Å². The van der Waals surface area contributed by atoms with Gasteiger partial charge in [-0.15, -0.1) is 0 Å². The first kappa shape index (κ1) is 12.5. The van der Waals surface area contributed by atoms with Gasteiger partial charge < -0.3 is 9.47 Å². The van der Waals surface area contributed by atoms with Gasteiger partial charge in [0.05, 0.1) is 18.8 Å². The maximum Gasteiger partial charge on any atom is 0.338 e. The van der Waals surface area contributed by atoms with Gasteiger partial charge in [0.25, 0.3) is 0 Å². The predicted octanol–water partition coefficient (Wildman–Crippen LogP) is 2.29. The summed E-state index contributed by atoms with van der Waals surface area (Å²) in [5, 5.41) is 0. The highest BCUT2D eigenvalue weighted by atomic mass is 16.5. The van der Waals surface area contributed by atoms with Crippen molar-refractivity contribution < 1.29 is 14.3 Å². The maximum absolute atomic E-state index is 11.3. The molecule has 0 aliphatic heterocycles. The van der Waals surface area contributed by atoms with Crippen molar-refractivity contribution >= 4 is 5.97 Å². The molecule has 0 saturated heterocycles. The number of hydrogen-bond donors (Lipinski definition) is 0. The minimum absolute atomic E-state index is 0.0559. The first-order valence-electron chi connectivity index (χ1n) is 5.25. The summed E-state index contributed by atoms with van der Waals surface area (Å²) < 4.78 is 10.2. The number of ether oxygens (including phenoxy) is 2. The monoisotopic (exact) mass is 223 g/mol. The topological polar surface area (TPSA) is 48.4 Å². The molecule has 0 saturated carbocycles. The first-order valence-corrected chi connectivity index (χ1v) is 5.25. The normalized spacial score (nSPS) is 12.3. The lowest BCUT2D eigenvalue weighted by atomic mass is 10.1. The van der Waals surface area contributed by atoms with E-state index in [1.165, 1.54) is 13.3 Å². The van der Waals surface area contributed by atoms with E-state index in [1.54, 1.807) is 12.1 Å². The van der Waals surface area contributed by atoms with Gasteiger partial charge in [-0.25, -0.2) is 9.78 Å². The summed E-state index contributed by atoms with van der Waals surface area (Å²) in [6.45, 7) is 6.10. The zero-order valence-corrected chi connectivity index (χ0v) is 10.1. The molecule has 0 spiro atoms. The number of esters is 1. The van der Waals surface area contributed by atoms with Crippen LogP contribution in [0.2, 0.25) is 0 Å². The molecule has 16 heavy (non-hydrogen) atoms. The molecule has 88 valence electrons. The fraction of sp³-hybridized carbons (Fsp3) is 0.500. The summed E-state index contributed by atoms with van der Waals surface area (Å²) in [5.74, 6) is 0.456. The molecule has 0 amide bonds. The molecule has 1 atom stereocenters. The van der Waals surface area contributed by atoms with E-state index in [-0.39, 0.29) is 12.1 Å². The highest BCUT2D eigenvalue weighted by Gasteiger charge is 2.11. The van der Waals surface area contributed by atoms with E-state index in [0.717, 1.165) is 0 Å². The average Bonchev–Trinajstić information content (AvgIpc) is 2.28. The quantitative estimate of drug-likeness (QED) is 0.735. The van der Waals surface area contributed by atoms with Gasteiger partial charge in [0.2, 0.25) is 5.88 Å². The number of nitrogens with zero attached hydrogens (tertiary/aromatic N) is 1. The molecule has 0 aliphatic rings. The van der Waals surface area contributed by atoms with Crippen molar-refractivity contribution in [1.29, 1.82) is 0 Å². The second-order valence-electron chi connectivity index (χ2n) is 3.94. The molecule has 0 N–H and O–H groups in total. The third kappa shape index (κ3) is 3.22. The van der Waals surface area contributed by atoms with E-state index >= 15 is 0 Å². The highest BCUT2D eigenvalue weighted by molar-refractivity contribution is 5.89. The van der Waals surface area contributed by atoms with Crippen LogP contribution < -0.4 is 4.74 Å². The standard InChI is InChI=1S/C12H17NO3/c1-8(2)9(3)16-11-7-10(5-6-13-11)12(14)15-4/h5-9H,1-4H3. The number of carbonyl (C=O) groups is 1. The fourth-order valence-corrected chi connectivity index (χ4v) is 1.05. The van der Waals surface area contributed by atoms with Gasteiger partial charge in [0, 0.05) is 12.3 Å². The fourth-order valence-electron chi connectivity index (χ4n) is 1.05. The summed E-state index contributed by atoms with van der Waals surface area (Å²) in [6.07, 6.45) is 1.59. The third-order valence-corrected chi connectivity index (χ3v) is 2.40. The molecule has 0 aromatic carbocycles. The number of carbonyl (C=O) groups excluding carboxylic acids is 1. The van der Waals surface area contributed by atoms with E-state index in [2.05, 4.69) is 23.6 Å². The zero-order valence-electron chi connectivity index (χ0n) is 10.1. The van der Waals surface area contributed by atoms with Crippen LogP contribution in [-0.4, -0.2) is 24.2 Å². The summed E-state index contributed by atoms with van der Waals surface area (Å²) in [7, 11) is 1.35. The Labute approximate surface area is 95.6 Å². The highest BCUT2D eigenvalue weighted by Crippen LogP contribution is 2.14. The summed E-state index contributed by atoms with van der Waals surface area (Å²) in [4.78, 5) is 15.3. The van der Waals surface area contributed by atoms with Gasteiger partial charge in [0.15, 0.2) is 0 Å². The second-order valence-corrected chi connectivity index (χ2v) is 3.94. The van der Waals surface area contributed by atoms with Crippen LogP contribution >= 0.6 is 0 Å². The summed E-state index contributed by atoms with van der Waals surface area (Å²) in [5.41, 5.74) is 0.448. The molecular weight excluding hydrogens is 206 g/mol. The van der Waals surface area contributed by atoms with E-state index in [0.29, 0.717) is 17.4 Å². The van der Waals surface area contributed by atoms with Crippen molar-refractivity contribution in [1.82, 2.24) is 4.98 Å². The predicted molar refractivity (Wildman–Crippen MR) is 60.5 cm³/mol. The molecule has 0 fully saturated rings. The Kier molecular flexibility index (Phi) is 4.28. The summed E-state index contributed by atoms with van der Waals surface area (Å²) in [6, 6.07) is 3.18. The summed E-state index contributed by atoms with van der Waals surface area (Å²) >= 11 is 0. The minimum Gasteiger partial charge on any atom is -0.474 e. The van der Waals surface area contributed by atoms with Gasteiger partial charge in [-0.05, 0) is 18.9 Å². The molecule has 1 heterocycles. The minimum atomic E-state index is -0.385. The number of hydrogen-bond acceptors (Lipinski definition) is 4. The van der Waals surface area contributed by atoms with Crippen LogP contribution in [-0.2, 0) is 4.74 Å². The van der Waals surface area contributed by atoms with Crippen molar-refractivity contribution in [3.05, 3.63) is 23.9 Å². The molecular formula is C12H17NO3. The molecule has 0 radical (unpaired) electrons. The molecule has 1 unspecified atom stereocenters. The van der Waals surface area contributed by atoms with Crippen LogP contribution in [0.1, 0.15) is 31.1 Å². The molecule has 0 bridgehead atoms. The van der Waals surface area contributed by atoms with E-state index in [9.17, 15) is 4.79 Å². The lowest BCUT2D eigenvalue weighted by Gasteiger charge is -2.17. The molecule has 1 aromatic rings. The Morgan fingerprint density at radius 2 is 2.06 bits per heavy atom. The van der Waals surface area contributed by atoms with Crippen molar-refractivity contribution in [2.75, 3.05) is 7.11 Å². The lowest BCUT2D eigenvalue weighted by Crippen LogP contribution is -2.19. The molecule has 0 aliphatic carbocycles. The van der Waals surface area contributed by atoms with E-state index in [1.807, 2.05) is 6.92 Å². The Morgan fingerprint density at radius 3 is 2.62 bits per heavy atom. The SMILES string of the molecule is COC(=O)c1ccnc(OC(C)C(C)C)c1. The van der Waals surface area contributed by atoms with Crippen LogP contribution in [0.5, 0.6) is 5.88 Å². The van der Waals surface area contributed by atoms with Crippen LogP contribution in [0.25, 0.3) is 0 Å². The number of aromatic nitrogens is 1. The third-order valence-electron chi connectivity index (χ3n) is 2.40. The van der Waals surface area contributed by atoms with Gasteiger partial charge in [-0.1, -0.05) is 13.8 Å². The van der Waals surface area contributed by atoms with E-state index < -0.39 is 0 Å². The van der Waals surface area contributed by atoms with Gasteiger partial charge in [-0.2, -0.15) is 0 Å². The van der Waals surface area contributed by atoms with Gasteiger partial charge >= 0.3 is 5.97 Å². The second kappa shape index (κ2) is 5.49. The Hall–Kier alpha value is -1.58. The van der Waals surface area contributed by atoms with Gasteiger partial charge in [0.1, 0.15) is 0 Å². The molecule has 1 aromatic heterocycles. The Bertz CT molecular complexity index is 363. The van der Waals surface area contributed by atoms with Crippen LogP contribution in [0.4, 0.5) is 0 Å². The van der Waals surface area contributed by atoms with Crippen molar-refractivity contribution in [2.24, 2.45) is 5.92 Å². The Balaban J connectivity index is 2.78. The molecule has 4 heteroatoms. The van der Waals surface area contributed by atoms with Crippen LogP contribution in [0.3, 0.4) is 0 Å². The maximum atomic E-state index is 11.3. The largest absolute Gasteiger partial charge is 0.474 e. The van der Waals surface area contributed by atoms with Gasteiger partial charge in [-0.3, -0.25) is 0 Å². The Morgan fingerprint density at radius 1 is 1.38 bits per heavy atom. The van der Waals surface area contributed by atoms with E-state index in [4.69, 9.17) is 4.74 Å². The van der Waals surface area contributed by atoms with Crippen molar-refractivity contribution in [2.45, 2.75) is 26.9 Å². The smallest absolute Gasteiger partial charge is 0.338 e. The molecule has 4 nitrogen and oxygen atoms in total. The molecule has 1 rings (SSSR count). The van der Waals surface area contributed by atoms with Crippen LogP contribution in [0, 0.1) is 5.92 Å². The zero-order chi connectivity index (χ0) is 12.1. The van der Waals surface area contributed by atoms with Crippen molar-refractivity contribution in [3.63, 3.8) is 0 Å².